The van der Waals surface area contributed by atoms with Crippen LogP contribution in [0.4, 0.5) is 4.39 Å². The fourth-order valence-corrected chi connectivity index (χ4v) is 7.09. The zero-order valence-corrected chi connectivity index (χ0v) is 22.5. The minimum Gasteiger partial charge on any atom is -0.206 e. The summed E-state index contributed by atoms with van der Waals surface area (Å²) in [5.74, 6) is 2.80. The second-order valence-corrected chi connectivity index (χ2v) is 11.7. The average molecular weight is 477 g/mol. The van der Waals surface area contributed by atoms with Gasteiger partial charge in [-0.1, -0.05) is 108 Å². The highest BCUT2D eigenvalue weighted by Crippen LogP contribution is 2.46. The van der Waals surface area contributed by atoms with E-state index in [9.17, 15) is 0 Å². The zero-order chi connectivity index (χ0) is 24.5. The van der Waals surface area contributed by atoms with E-state index in [2.05, 4.69) is 38.1 Å². The largest absolute Gasteiger partial charge is 0.206 e. The standard InChI is InChI=1S/C34H49F/c1-3-5-8-12-26-16-20-29(21-17-26)31-24-25-32(28-14-10-7-11-15-28)34(35)33(31)30-22-18-27(19-23-30)13-9-6-4-2/h7,10-11,14-15,24-27,29-30H,3-6,8-9,12-13,16-23H2,1-2H3. The van der Waals surface area contributed by atoms with Crippen molar-refractivity contribution in [1.29, 1.82) is 0 Å². The van der Waals surface area contributed by atoms with Gasteiger partial charge in [-0.3, -0.25) is 0 Å². The maximum atomic E-state index is 16.4. The lowest BCUT2D eigenvalue weighted by atomic mass is 9.71. The minimum atomic E-state index is 0.0909. The van der Waals surface area contributed by atoms with E-state index in [4.69, 9.17) is 0 Å². The lowest BCUT2D eigenvalue weighted by Crippen LogP contribution is -2.19. The number of hydrogen-bond donors (Lipinski definition) is 0. The third-order valence-corrected chi connectivity index (χ3v) is 9.27. The molecule has 0 heterocycles. The third kappa shape index (κ3) is 6.99. The van der Waals surface area contributed by atoms with Crippen LogP contribution in [0.3, 0.4) is 0 Å². The number of unbranched alkanes of at least 4 members (excludes halogenated alkanes) is 4. The molecule has 0 bridgehead atoms. The molecule has 0 unspecified atom stereocenters. The van der Waals surface area contributed by atoms with Crippen LogP contribution >= 0.6 is 0 Å². The molecule has 4 rings (SSSR count). The summed E-state index contributed by atoms with van der Waals surface area (Å²) in [6.07, 6.45) is 21.0. The van der Waals surface area contributed by atoms with E-state index in [1.165, 1.54) is 108 Å². The molecule has 192 valence electrons. The zero-order valence-electron chi connectivity index (χ0n) is 22.5. The first-order valence-corrected chi connectivity index (χ1v) is 15.1. The number of benzene rings is 2. The van der Waals surface area contributed by atoms with Gasteiger partial charge < -0.3 is 0 Å². The van der Waals surface area contributed by atoms with Gasteiger partial charge in [-0.2, -0.15) is 0 Å². The molecule has 0 N–H and O–H groups in total. The Kier molecular flexibility index (Phi) is 10.3. The molecule has 0 aromatic heterocycles. The first-order valence-electron chi connectivity index (χ1n) is 15.1. The van der Waals surface area contributed by atoms with Crippen molar-refractivity contribution in [2.75, 3.05) is 0 Å². The van der Waals surface area contributed by atoms with Gasteiger partial charge in [0.05, 0.1) is 0 Å². The van der Waals surface area contributed by atoms with E-state index in [0.29, 0.717) is 11.8 Å². The van der Waals surface area contributed by atoms with E-state index < -0.39 is 0 Å². The molecule has 0 saturated heterocycles. The second kappa shape index (κ2) is 13.6. The van der Waals surface area contributed by atoms with Crippen molar-refractivity contribution in [2.24, 2.45) is 11.8 Å². The molecule has 0 amide bonds. The molecule has 2 aromatic rings. The van der Waals surface area contributed by atoms with Crippen molar-refractivity contribution in [3.05, 3.63) is 59.4 Å². The van der Waals surface area contributed by atoms with Gasteiger partial charge in [0.1, 0.15) is 5.82 Å². The monoisotopic (exact) mass is 476 g/mol. The van der Waals surface area contributed by atoms with Crippen LogP contribution in [0.1, 0.15) is 140 Å². The van der Waals surface area contributed by atoms with Crippen molar-refractivity contribution in [1.82, 2.24) is 0 Å². The molecule has 2 fully saturated rings. The van der Waals surface area contributed by atoms with E-state index >= 15 is 4.39 Å². The summed E-state index contributed by atoms with van der Waals surface area (Å²) < 4.78 is 16.4. The second-order valence-electron chi connectivity index (χ2n) is 11.7. The van der Waals surface area contributed by atoms with Crippen LogP contribution in [-0.4, -0.2) is 0 Å². The summed E-state index contributed by atoms with van der Waals surface area (Å²) in [7, 11) is 0. The summed E-state index contributed by atoms with van der Waals surface area (Å²) in [4.78, 5) is 0. The molecule has 0 nitrogen and oxygen atoms in total. The highest BCUT2D eigenvalue weighted by molar-refractivity contribution is 5.66. The fraction of sp³-hybridized carbons (Fsp3) is 0.647. The number of rotatable bonds is 11. The Morgan fingerprint density at radius 3 is 1.71 bits per heavy atom. The predicted molar refractivity (Wildman–Crippen MR) is 150 cm³/mol. The first-order chi connectivity index (χ1) is 17.2. The number of halogens is 1. The molecule has 2 aliphatic carbocycles. The van der Waals surface area contributed by atoms with E-state index in [-0.39, 0.29) is 5.82 Å². The van der Waals surface area contributed by atoms with Gasteiger partial charge in [0, 0.05) is 5.56 Å². The molecule has 2 aromatic carbocycles. The molecular weight excluding hydrogens is 427 g/mol. The molecule has 35 heavy (non-hydrogen) atoms. The molecular formula is C34H49F. The van der Waals surface area contributed by atoms with E-state index in [1.54, 1.807) is 0 Å². The first kappa shape index (κ1) is 26.4. The van der Waals surface area contributed by atoms with Gasteiger partial charge in [-0.25, -0.2) is 4.39 Å². The maximum Gasteiger partial charge on any atom is 0.134 e. The highest BCUT2D eigenvalue weighted by Gasteiger charge is 2.31. The summed E-state index contributed by atoms with van der Waals surface area (Å²) in [5, 5.41) is 0. The Hall–Kier alpha value is -1.63. The fourth-order valence-electron chi connectivity index (χ4n) is 7.09. The number of hydrogen-bond acceptors (Lipinski definition) is 0. The maximum absolute atomic E-state index is 16.4. The molecule has 0 spiro atoms. The van der Waals surface area contributed by atoms with Crippen molar-refractivity contribution in [3.8, 4) is 11.1 Å². The molecule has 0 aliphatic heterocycles. The van der Waals surface area contributed by atoms with Crippen molar-refractivity contribution >= 4 is 0 Å². The van der Waals surface area contributed by atoms with Gasteiger partial charge in [0.25, 0.3) is 0 Å². The summed E-state index contributed by atoms with van der Waals surface area (Å²) >= 11 is 0. The van der Waals surface area contributed by atoms with Crippen LogP contribution in [0.15, 0.2) is 42.5 Å². The SMILES string of the molecule is CCCCCC1CCC(c2ccc(-c3ccccc3)c(F)c2C2CCC(CCCCC)CC2)CC1. The van der Waals surface area contributed by atoms with Crippen LogP contribution in [0.2, 0.25) is 0 Å². The van der Waals surface area contributed by atoms with Gasteiger partial charge in [-0.05, 0) is 91.7 Å². The average Bonchev–Trinajstić information content (AvgIpc) is 2.90. The Labute approximate surface area is 215 Å². The van der Waals surface area contributed by atoms with Gasteiger partial charge >= 0.3 is 0 Å². The Morgan fingerprint density at radius 1 is 0.629 bits per heavy atom. The molecule has 2 aliphatic rings. The molecule has 2 saturated carbocycles. The van der Waals surface area contributed by atoms with Crippen molar-refractivity contribution < 1.29 is 4.39 Å². The smallest absolute Gasteiger partial charge is 0.134 e. The van der Waals surface area contributed by atoms with Crippen LogP contribution in [-0.2, 0) is 0 Å². The predicted octanol–water partition coefficient (Wildman–Crippen LogP) is 11.2. The van der Waals surface area contributed by atoms with Crippen molar-refractivity contribution in [3.63, 3.8) is 0 Å². The van der Waals surface area contributed by atoms with Gasteiger partial charge in [-0.15, -0.1) is 0 Å². The normalized spacial score (nSPS) is 25.0. The van der Waals surface area contributed by atoms with Crippen LogP contribution in [0.25, 0.3) is 11.1 Å². The lowest BCUT2D eigenvalue weighted by Gasteiger charge is -2.35. The summed E-state index contributed by atoms with van der Waals surface area (Å²) in [5.41, 5.74) is 4.30. The van der Waals surface area contributed by atoms with Crippen molar-refractivity contribution in [2.45, 2.75) is 128 Å². The Bertz CT molecular complexity index is 869. The van der Waals surface area contributed by atoms with Gasteiger partial charge in [0.2, 0.25) is 0 Å². The summed E-state index contributed by atoms with van der Waals surface area (Å²) in [6, 6.07) is 14.6. The van der Waals surface area contributed by atoms with Gasteiger partial charge in [0.15, 0.2) is 0 Å². The highest BCUT2D eigenvalue weighted by atomic mass is 19.1. The molecule has 1 heteroatoms. The molecule has 0 atom stereocenters. The van der Waals surface area contributed by atoms with E-state index in [1.807, 2.05) is 18.2 Å². The van der Waals surface area contributed by atoms with Crippen LogP contribution in [0, 0.1) is 17.7 Å². The molecule has 0 radical (unpaired) electrons. The minimum absolute atomic E-state index is 0.0909. The van der Waals surface area contributed by atoms with Crippen LogP contribution in [0.5, 0.6) is 0 Å². The lowest BCUT2D eigenvalue weighted by molar-refractivity contribution is 0.288. The quantitative estimate of drug-likeness (QED) is 0.283. The Balaban J connectivity index is 1.52. The van der Waals surface area contributed by atoms with Crippen LogP contribution < -0.4 is 0 Å². The Morgan fingerprint density at radius 2 is 1.17 bits per heavy atom. The third-order valence-electron chi connectivity index (χ3n) is 9.27. The van der Waals surface area contributed by atoms with E-state index in [0.717, 1.165) is 28.5 Å². The summed E-state index contributed by atoms with van der Waals surface area (Å²) in [6.45, 7) is 4.59. The topological polar surface area (TPSA) is 0 Å².